The molecule has 0 saturated carbocycles. The lowest BCUT2D eigenvalue weighted by atomic mass is 10.1. The third-order valence-corrected chi connectivity index (χ3v) is 4.41. The number of amides is 1. The Kier molecular flexibility index (Phi) is 5.58. The largest absolute Gasteiger partial charge is 0.386 e. The van der Waals surface area contributed by atoms with Gasteiger partial charge in [-0.1, -0.05) is 41.9 Å². The van der Waals surface area contributed by atoms with Crippen LogP contribution in [-0.4, -0.2) is 30.2 Å². The van der Waals surface area contributed by atoms with Gasteiger partial charge in [0.2, 0.25) is 5.91 Å². The SMILES string of the molecule is CN1CC(N)=NC=C1c1cccc(CNC(=O)Cc2ccc(Cl)cc2)c1. The van der Waals surface area contributed by atoms with Crippen molar-refractivity contribution >= 4 is 29.0 Å². The van der Waals surface area contributed by atoms with Gasteiger partial charge in [0.1, 0.15) is 5.84 Å². The lowest BCUT2D eigenvalue weighted by Crippen LogP contribution is -2.32. The molecule has 0 aliphatic carbocycles. The molecule has 2 aromatic carbocycles. The Hall–Kier alpha value is -2.79. The predicted octanol–water partition coefficient (Wildman–Crippen LogP) is 2.80. The van der Waals surface area contributed by atoms with E-state index >= 15 is 0 Å². The summed E-state index contributed by atoms with van der Waals surface area (Å²) in [6.07, 6.45) is 2.11. The van der Waals surface area contributed by atoms with Crippen molar-refractivity contribution in [2.45, 2.75) is 13.0 Å². The molecule has 3 N–H and O–H groups in total. The molecule has 1 aliphatic rings. The number of amidine groups is 1. The fourth-order valence-corrected chi connectivity index (χ4v) is 2.92. The van der Waals surface area contributed by atoms with Crippen LogP contribution in [0.1, 0.15) is 16.7 Å². The van der Waals surface area contributed by atoms with Crippen molar-refractivity contribution in [1.29, 1.82) is 0 Å². The van der Waals surface area contributed by atoms with E-state index in [0.29, 0.717) is 30.4 Å². The molecule has 2 aromatic rings. The second-order valence-electron chi connectivity index (χ2n) is 6.27. The Labute approximate surface area is 158 Å². The van der Waals surface area contributed by atoms with Crippen LogP contribution >= 0.6 is 11.6 Å². The second kappa shape index (κ2) is 8.06. The zero-order valence-electron chi connectivity index (χ0n) is 14.6. The summed E-state index contributed by atoms with van der Waals surface area (Å²) in [4.78, 5) is 18.4. The van der Waals surface area contributed by atoms with Crippen LogP contribution in [0, 0.1) is 0 Å². The van der Waals surface area contributed by atoms with Crippen molar-refractivity contribution in [1.82, 2.24) is 10.2 Å². The molecule has 0 bridgehead atoms. The Bertz CT molecular complexity index is 858. The van der Waals surface area contributed by atoms with Crippen molar-refractivity contribution in [3.8, 4) is 0 Å². The van der Waals surface area contributed by atoms with Crippen LogP contribution in [0.15, 0.2) is 59.7 Å². The van der Waals surface area contributed by atoms with Gasteiger partial charge in [-0.2, -0.15) is 0 Å². The molecule has 0 fully saturated rings. The first-order valence-electron chi connectivity index (χ1n) is 8.35. The van der Waals surface area contributed by atoms with Gasteiger partial charge in [0.05, 0.1) is 24.9 Å². The summed E-state index contributed by atoms with van der Waals surface area (Å²) in [5.41, 5.74) is 9.78. The molecule has 6 heteroatoms. The monoisotopic (exact) mass is 368 g/mol. The van der Waals surface area contributed by atoms with Gasteiger partial charge in [0.25, 0.3) is 0 Å². The van der Waals surface area contributed by atoms with E-state index in [2.05, 4.69) is 21.3 Å². The number of carbonyl (C=O) groups is 1. The highest BCUT2D eigenvalue weighted by atomic mass is 35.5. The van der Waals surface area contributed by atoms with Gasteiger partial charge >= 0.3 is 0 Å². The summed E-state index contributed by atoms with van der Waals surface area (Å²) in [5, 5.41) is 3.62. The zero-order valence-corrected chi connectivity index (χ0v) is 15.3. The molecule has 1 amide bonds. The summed E-state index contributed by atoms with van der Waals surface area (Å²) in [6, 6.07) is 15.4. The van der Waals surface area contributed by atoms with E-state index < -0.39 is 0 Å². The van der Waals surface area contributed by atoms with E-state index in [1.54, 1.807) is 18.3 Å². The van der Waals surface area contributed by atoms with Gasteiger partial charge in [-0.3, -0.25) is 4.79 Å². The zero-order chi connectivity index (χ0) is 18.5. The third kappa shape index (κ3) is 4.64. The van der Waals surface area contributed by atoms with Crippen molar-refractivity contribution in [2.24, 2.45) is 10.7 Å². The molecule has 0 unspecified atom stereocenters. The Morgan fingerprint density at radius 1 is 1.23 bits per heavy atom. The molecule has 0 radical (unpaired) electrons. The molecule has 0 saturated heterocycles. The van der Waals surface area contributed by atoms with Gasteiger partial charge in [0.15, 0.2) is 0 Å². The molecule has 0 aromatic heterocycles. The molecule has 26 heavy (non-hydrogen) atoms. The maximum Gasteiger partial charge on any atom is 0.224 e. The Balaban J connectivity index is 1.62. The predicted molar refractivity (Wildman–Crippen MR) is 106 cm³/mol. The van der Waals surface area contributed by atoms with E-state index in [4.69, 9.17) is 17.3 Å². The van der Waals surface area contributed by atoms with Crippen molar-refractivity contribution in [2.75, 3.05) is 13.6 Å². The molecule has 0 atom stereocenters. The Morgan fingerprint density at radius 2 is 2.00 bits per heavy atom. The van der Waals surface area contributed by atoms with E-state index in [9.17, 15) is 4.79 Å². The smallest absolute Gasteiger partial charge is 0.224 e. The summed E-state index contributed by atoms with van der Waals surface area (Å²) in [7, 11) is 1.98. The first kappa shape index (κ1) is 18.0. The average molecular weight is 369 g/mol. The fraction of sp³-hybridized carbons (Fsp3) is 0.200. The average Bonchev–Trinajstić information content (AvgIpc) is 2.62. The summed E-state index contributed by atoms with van der Waals surface area (Å²) in [6.45, 7) is 1.08. The van der Waals surface area contributed by atoms with Crippen molar-refractivity contribution in [3.63, 3.8) is 0 Å². The summed E-state index contributed by atoms with van der Waals surface area (Å²) < 4.78 is 0. The normalized spacial score (nSPS) is 13.8. The maximum atomic E-state index is 12.2. The second-order valence-corrected chi connectivity index (χ2v) is 6.71. The fourth-order valence-electron chi connectivity index (χ4n) is 2.80. The molecule has 0 spiro atoms. The van der Waals surface area contributed by atoms with Gasteiger partial charge < -0.3 is 16.0 Å². The van der Waals surface area contributed by atoms with Crippen LogP contribution in [0.3, 0.4) is 0 Å². The molecular weight excluding hydrogens is 348 g/mol. The number of aliphatic imine (C=N–C) groups is 1. The molecule has 1 aliphatic heterocycles. The molecule has 1 heterocycles. The van der Waals surface area contributed by atoms with E-state index in [1.807, 2.05) is 37.4 Å². The van der Waals surface area contributed by atoms with Gasteiger partial charge in [-0.25, -0.2) is 4.99 Å². The standard InChI is InChI=1S/C20H21ClN4O/c1-25-13-19(22)23-12-18(25)16-4-2-3-15(9-16)11-24-20(26)10-14-5-7-17(21)8-6-14/h2-9,12H,10-11,13H2,1H3,(H2,22,23)(H,24,26). The first-order chi connectivity index (χ1) is 12.5. The minimum atomic E-state index is -0.0240. The number of rotatable bonds is 5. The minimum Gasteiger partial charge on any atom is -0.386 e. The van der Waals surface area contributed by atoms with E-state index in [0.717, 1.165) is 22.4 Å². The number of carbonyl (C=O) groups excluding carboxylic acids is 1. The first-order valence-corrected chi connectivity index (χ1v) is 8.73. The van der Waals surface area contributed by atoms with Crippen molar-refractivity contribution in [3.05, 3.63) is 76.4 Å². The van der Waals surface area contributed by atoms with Crippen LogP contribution in [0.25, 0.3) is 5.70 Å². The molecular formula is C20H21ClN4O. The molecule has 5 nitrogen and oxygen atoms in total. The highest BCUT2D eigenvalue weighted by Gasteiger charge is 2.13. The third-order valence-electron chi connectivity index (χ3n) is 4.15. The van der Waals surface area contributed by atoms with Crippen LogP contribution in [0.2, 0.25) is 5.02 Å². The minimum absolute atomic E-state index is 0.0240. The number of benzene rings is 2. The number of hydrogen-bond acceptors (Lipinski definition) is 4. The quantitative estimate of drug-likeness (QED) is 0.852. The van der Waals surface area contributed by atoms with E-state index in [-0.39, 0.29) is 5.91 Å². The maximum absolute atomic E-state index is 12.2. The number of hydrogen-bond donors (Lipinski definition) is 2. The molecule has 134 valence electrons. The lowest BCUT2D eigenvalue weighted by molar-refractivity contribution is -0.120. The van der Waals surface area contributed by atoms with Gasteiger partial charge in [-0.15, -0.1) is 0 Å². The number of nitrogens with two attached hydrogens (primary N) is 1. The molecule has 3 rings (SSSR count). The highest BCUT2D eigenvalue weighted by Crippen LogP contribution is 2.21. The van der Waals surface area contributed by atoms with Crippen LogP contribution in [-0.2, 0) is 17.8 Å². The van der Waals surface area contributed by atoms with Crippen LogP contribution in [0.5, 0.6) is 0 Å². The van der Waals surface area contributed by atoms with Crippen LogP contribution < -0.4 is 11.1 Å². The highest BCUT2D eigenvalue weighted by molar-refractivity contribution is 6.30. The van der Waals surface area contributed by atoms with Gasteiger partial charge in [0, 0.05) is 18.6 Å². The summed E-state index contributed by atoms with van der Waals surface area (Å²) >= 11 is 5.86. The number of nitrogens with one attached hydrogen (secondary N) is 1. The number of likely N-dealkylation sites (N-methyl/N-ethyl adjacent to an activating group) is 1. The van der Waals surface area contributed by atoms with Crippen LogP contribution in [0.4, 0.5) is 0 Å². The van der Waals surface area contributed by atoms with Crippen molar-refractivity contribution < 1.29 is 4.79 Å². The Morgan fingerprint density at radius 3 is 2.73 bits per heavy atom. The number of halogens is 1. The lowest BCUT2D eigenvalue weighted by Gasteiger charge is -2.25. The summed E-state index contributed by atoms with van der Waals surface area (Å²) in [5.74, 6) is 0.575. The van der Waals surface area contributed by atoms with Gasteiger partial charge in [-0.05, 0) is 34.9 Å². The number of nitrogens with zero attached hydrogens (tertiary/aromatic N) is 2. The topological polar surface area (TPSA) is 70.7 Å². The van der Waals surface area contributed by atoms with E-state index in [1.165, 1.54) is 0 Å².